The minimum Gasteiger partial charge on any atom is -0.481 e. The van der Waals surface area contributed by atoms with E-state index in [4.69, 9.17) is 4.74 Å². The second-order valence-electron chi connectivity index (χ2n) is 5.02. The predicted octanol–water partition coefficient (Wildman–Crippen LogP) is 2.72. The molecule has 1 aromatic rings. The topological polar surface area (TPSA) is 47.0 Å². The Morgan fingerprint density at radius 1 is 1.44 bits per heavy atom. The first kappa shape index (κ1) is 13.3. The van der Waals surface area contributed by atoms with Crippen LogP contribution >= 0.6 is 0 Å². The third kappa shape index (κ3) is 3.42. The summed E-state index contributed by atoms with van der Waals surface area (Å²) in [5, 5.41) is 3.59. The standard InChI is InChI=1S/C14H23N3O/c1-3-7-15-12(8-11-5-4-6-11)13-9-14(18-2)17-10-16-13/h9-12,15H,3-8H2,1-2H3. The van der Waals surface area contributed by atoms with E-state index in [0.29, 0.717) is 11.9 Å². The molecule has 1 N–H and O–H groups in total. The van der Waals surface area contributed by atoms with E-state index in [9.17, 15) is 0 Å². The summed E-state index contributed by atoms with van der Waals surface area (Å²) >= 11 is 0. The summed E-state index contributed by atoms with van der Waals surface area (Å²) < 4.78 is 5.18. The molecule has 1 aromatic heterocycles. The SMILES string of the molecule is CCCNC(CC1CCC1)c1cc(OC)ncn1. The van der Waals surface area contributed by atoms with Gasteiger partial charge in [-0.3, -0.25) is 0 Å². The molecular weight excluding hydrogens is 226 g/mol. The predicted molar refractivity (Wildman–Crippen MR) is 71.6 cm³/mol. The smallest absolute Gasteiger partial charge is 0.216 e. The van der Waals surface area contributed by atoms with Gasteiger partial charge in [0.2, 0.25) is 5.88 Å². The lowest BCUT2D eigenvalue weighted by molar-refractivity contribution is 0.258. The van der Waals surface area contributed by atoms with Gasteiger partial charge in [-0.2, -0.15) is 0 Å². The number of ether oxygens (including phenoxy) is 1. The van der Waals surface area contributed by atoms with Crippen molar-refractivity contribution in [3.8, 4) is 5.88 Å². The van der Waals surface area contributed by atoms with Gasteiger partial charge < -0.3 is 10.1 Å². The molecule has 1 fully saturated rings. The van der Waals surface area contributed by atoms with Crippen LogP contribution in [0.3, 0.4) is 0 Å². The maximum Gasteiger partial charge on any atom is 0.216 e. The van der Waals surface area contributed by atoms with Crippen molar-refractivity contribution in [3.63, 3.8) is 0 Å². The fourth-order valence-corrected chi connectivity index (χ4v) is 2.34. The lowest BCUT2D eigenvalue weighted by Crippen LogP contribution is -2.27. The van der Waals surface area contributed by atoms with Crippen molar-refractivity contribution in [1.82, 2.24) is 15.3 Å². The van der Waals surface area contributed by atoms with Gasteiger partial charge in [-0.15, -0.1) is 0 Å². The van der Waals surface area contributed by atoms with Gasteiger partial charge in [-0.05, 0) is 25.3 Å². The molecule has 1 aliphatic carbocycles. The number of methoxy groups -OCH3 is 1. The van der Waals surface area contributed by atoms with E-state index in [1.807, 2.05) is 6.07 Å². The minimum absolute atomic E-state index is 0.340. The largest absolute Gasteiger partial charge is 0.481 e. The van der Waals surface area contributed by atoms with Crippen LogP contribution in [0.5, 0.6) is 5.88 Å². The zero-order chi connectivity index (χ0) is 12.8. The van der Waals surface area contributed by atoms with E-state index in [0.717, 1.165) is 24.6 Å². The molecule has 4 nitrogen and oxygen atoms in total. The van der Waals surface area contributed by atoms with E-state index < -0.39 is 0 Å². The fraction of sp³-hybridized carbons (Fsp3) is 0.714. The molecule has 2 rings (SSSR count). The Bertz CT molecular complexity index is 366. The van der Waals surface area contributed by atoms with E-state index >= 15 is 0 Å². The first-order chi connectivity index (χ1) is 8.83. The van der Waals surface area contributed by atoms with Gasteiger partial charge >= 0.3 is 0 Å². The number of hydrogen-bond donors (Lipinski definition) is 1. The van der Waals surface area contributed by atoms with Gasteiger partial charge in [-0.25, -0.2) is 9.97 Å². The highest BCUT2D eigenvalue weighted by Crippen LogP contribution is 2.34. The number of hydrogen-bond acceptors (Lipinski definition) is 4. The fourth-order valence-electron chi connectivity index (χ4n) is 2.34. The molecule has 0 spiro atoms. The molecule has 1 heterocycles. The Balaban J connectivity index is 2.04. The van der Waals surface area contributed by atoms with Gasteiger partial charge in [0.15, 0.2) is 0 Å². The molecule has 100 valence electrons. The second kappa shape index (κ2) is 6.69. The highest BCUT2D eigenvalue weighted by Gasteiger charge is 2.23. The van der Waals surface area contributed by atoms with Crippen LogP contribution < -0.4 is 10.1 Å². The molecule has 0 aliphatic heterocycles. The lowest BCUT2D eigenvalue weighted by atomic mass is 9.80. The maximum absolute atomic E-state index is 5.18. The molecule has 0 radical (unpaired) electrons. The highest BCUT2D eigenvalue weighted by molar-refractivity contribution is 5.16. The van der Waals surface area contributed by atoms with Crippen LogP contribution in [-0.4, -0.2) is 23.6 Å². The van der Waals surface area contributed by atoms with Crippen LogP contribution in [0.2, 0.25) is 0 Å². The normalized spacial score (nSPS) is 17.2. The molecule has 1 atom stereocenters. The minimum atomic E-state index is 0.340. The van der Waals surface area contributed by atoms with Crippen LogP contribution in [0.15, 0.2) is 12.4 Å². The number of aromatic nitrogens is 2. The molecular formula is C14H23N3O. The number of nitrogens with zero attached hydrogens (tertiary/aromatic N) is 2. The molecule has 18 heavy (non-hydrogen) atoms. The molecule has 0 aromatic carbocycles. The van der Waals surface area contributed by atoms with Crippen molar-refractivity contribution in [1.29, 1.82) is 0 Å². The summed E-state index contributed by atoms with van der Waals surface area (Å²) in [5.74, 6) is 1.51. The quantitative estimate of drug-likeness (QED) is 0.807. The van der Waals surface area contributed by atoms with Gasteiger partial charge in [-0.1, -0.05) is 26.2 Å². The summed E-state index contributed by atoms with van der Waals surface area (Å²) in [7, 11) is 1.65. The molecule has 1 saturated carbocycles. The van der Waals surface area contributed by atoms with Gasteiger partial charge in [0.05, 0.1) is 18.8 Å². The summed E-state index contributed by atoms with van der Waals surface area (Å²) in [6.07, 6.45) is 8.04. The van der Waals surface area contributed by atoms with Crippen LogP contribution in [0.1, 0.15) is 50.8 Å². The zero-order valence-electron chi connectivity index (χ0n) is 11.4. The molecule has 0 saturated heterocycles. The Morgan fingerprint density at radius 3 is 2.89 bits per heavy atom. The summed E-state index contributed by atoms with van der Waals surface area (Å²) in [6.45, 7) is 3.22. The monoisotopic (exact) mass is 249 g/mol. The van der Waals surface area contributed by atoms with Crippen molar-refractivity contribution in [2.45, 2.75) is 45.1 Å². The average molecular weight is 249 g/mol. The first-order valence-electron chi connectivity index (χ1n) is 6.92. The first-order valence-corrected chi connectivity index (χ1v) is 6.92. The van der Waals surface area contributed by atoms with Crippen molar-refractivity contribution in [2.75, 3.05) is 13.7 Å². The summed E-state index contributed by atoms with van der Waals surface area (Å²) in [4.78, 5) is 8.47. The Morgan fingerprint density at radius 2 is 2.28 bits per heavy atom. The molecule has 4 heteroatoms. The zero-order valence-corrected chi connectivity index (χ0v) is 11.4. The van der Waals surface area contributed by atoms with Crippen LogP contribution in [0, 0.1) is 5.92 Å². The second-order valence-corrected chi connectivity index (χ2v) is 5.02. The molecule has 1 aliphatic rings. The van der Waals surface area contributed by atoms with Gasteiger partial charge in [0.1, 0.15) is 6.33 Å². The van der Waals surface area contributed by atoms with Crippen LogP contribution in [0.4, 0.5) is 0 Å². The molecule has 1 unspecified atom stereocenters. The van der Waals surface area contributed by atoms with Crippen molar-refractivity contribution < 1.29 is 4.74 Å². The Labute approximate surface area is 109 Å². The van der Waals surface area contributed by atoms with Crippen LogP contribution in [-0.2, 0) is 0 Å². The number of nitrogens with one attached hydrogen (secondary N) is 1. The Hall–Kier alpha value is -1.16. The van der Waals surface area contributed by atoms with E-state index in [-0.39, 0.29) is 0 Å². The summed E-state index contributed by atoms with van der Waals surface area (Å²) in [6, 6.07) is 2.29. The van der Waals surface area contributed by atoms with Gasteiger partial charge in [0.25, 0.3) is 0 Å². The highest BCUT2D eigenvalue weighted by atomic mass is 16.5. The van der Waals surface area contributed by atoms with Crippen molar-refractivity contribution >= 4 is 0 Å². The number of rotatable bonds is 7. The van der Waals surface area contributed by atoms with Crippen molar-refractivity contribution in [2.24, 2.45) is 5.92 Å². The van der Waals surface area contributed by atoms with Crippen LogP contribution in [0.25, 0.3) is 0 Å². The summed E-state index contributed by atoms with van der Waals surface area (Å²) in [5.41, 5.74) is 1.06. The third-order valence-electron chi connectivity index (χ3n) is 3.66. The molecule has 0 bridgehead atoms. The van der Waals surface area contributed by atoms with E-state index in [1.165, 1.54) is 25.7 Å². The Kier molecular flexibility index (Phi) is 4.93. The average Bonchev–Trinajstić information content (AvgIpc) is 2.37. The van der Waals surface area contributed by atoms with E-state index in [2.05, 4.69) is 22.2 Å². The lowest BCUT2D eigenvalue weighted by Gasteiger charge is -2.30. The van der Waals surface area contributed by atoms with E-state index in [1.54, 1.807) is 13.4 Å². The van der Waals surface area contributed by atoms with Crippen molar-refractivity contribution in [3.05, 3.63) is 18.1 Å². The van der Waals surface area contributed by atoms with Gasteiger partial charge in [0, 0.05) is 6.07 Å². The third-order valence-corrected chi connectivity index (χ3v) is 3.66. The maximum atomic E-state index is 5.18. The molecule has 0 amide bonds.